The lowest BCUT2D eigenvalue weighted by Crippen LogP contribution is -2.14. The van der Waals surface area contributed by atoms with Crippen LogP contribution in [0.5, 0.6) is 0 Å². The van der Waals surface area contributed by atoms with Crippen LogP contribution in [0.3, 0.4) is 0 Å². The molecule has 0 aromatic heterocycles. The molecule has 0 aliphatic rings. The van der Waals surface area contributed by atoms with E-state index in [1.54, 1.807) is 26.8 Å². The van der Waals surface area contributed by atoms with E-state index in [9.17, 15) is 24.2 Å². The average Bonchev–Trinajstić information content (AvgIpc) is 2.48. The molecule has 0 fully saturated rings. The van der Waals surface area contributed by atoms with Crippen LogP contribution in [0.1, 0.15) is 44.3 Å². The van der Waals surface area contributed by atoms with E-state index in [1.165, 1.54) is 18.2 Å². The van der Waals surface area contributed by atoms with Crippen LogP contribution >= 0.6 is 0 Å². The topological polar surface area (TPSA) is 86.6 Å². The number of carboxylic acid groups (broad SMARTS) is 2. The molecule has 0 amide bonds. The molecular weight excluding hydrogens is 313 g/mol. The van der Waals surface area contributed by atoms with Gasteiger partial charge in [0.15, 0.2) is 0 Å². The van der Waals surface area contributed by atoms with E-state index in [1.807, 2.05) is 0 Å². The summed E-state index contributed by atoms with van der Waals surface area (Å²) in [6, 6.07) is 5.55. The Kier molecular flexibility index (Phi) is 4.87. The van der Waals surface area contributed by atoms with Gasteiger partial charge >= 0.3 is 11.9 Å². The first-order valence-electron chi connectivity index (χ1n) is 7.42. The Morgan fingerprint density at radius 1 is 1.04 bits per heavy atom. The van der Waals surface area contributed by atoms with Crippen LogP contribution < -0.4 is 5.32 Å². The Labute approximate surface area is 138 Å². The van der Waals surface area contributed by atoms with Crippen LogP contribution in [0.4, 0.5) is 15.8 Å². The Balaban J connectivity index is 2.75. The lowest BCUT2D eigenvalue weighted by Gasteiger charge is -2.19. The van der Waals surface area contributed by atoms with Crippen molar-refractivity contribution in [3.8, 4) is 0 Å². The molecule has 0 aliphatic heterocycles. The number of nitrogens with one attached hydrogen (secondary N) is 1. The summed E-state index contributed by atoms with van der Waals surface area (Å²) in [6.07, 6.45) is 0.444. The fraction of sp³-hybridized carbons (Fsp3) is 0.222. The molecular formula is C18H18FNO4. The number of hydrogen-bond acceptors (Lipinski definition) is 3. The Bertz CT molecular complexity index is 830. The van der Waals surface area contributed by atoms with Gasteiger partial charge in [-0.3, -0.25) is 0 Å². The van der Waals surface area contributed by atoms with Crippen molar-refractivity contribution in [3.05, 3.63) is 57.9 Å². The highest BCUT2D eigenvalue weighted by atomic mass is 19.1. The van der Waals surface area contributed by atoms with Gasteiger partial charge in [0.1, 0.15) is 5.82 Å². The molecule has 126 valence electrons. The zero-order valence-corrected chi connectivity index (χ0v) is 13.6. The molecule has 5 nitrogen and oxygen atoms in total. The number of halogens is 1. The molecule has 0 bridgehead atoms. The summed E-state index contributed by atoms with van der Waals surface area (Å²) in [5.74, 6) is -2.86. The number of rotatable bonds is 5. The number of aryl methyl sites for hydroxylation is 3. The minimum absolute atomic E-state index is 0.0153. The molecule has 2 rings (SSSR count). The molecule has 0 radical (unpaired) electrons. The minimum atomic E-state index is -1.22. The molecule has 0 saturated heterocycles. The summed E-state index contributed by atoms with van der Waals surface area (Å²) in [5, 5.41) is 22.0. The van der Waals surface area contributed by atoms with Gasteiger partial charge < -0.3 is 15.5 Å². The number of benzene rings is 2. The maximum atomic E-state index is 13.3. The zero-order valence-electron chi connectivity index (χ0n) is 13.6. The number of hydrogen-bond donors (Lipinski definition) is 3. The predicted molar refractivity (Wildman–Crippen MR) is 88.9 cm³/mol. The van der Waals surface area contributed by atoms with E-state index in [-0.39, 0.29) is 16.8 Å². The van der Waals surface area contributed by atoms with E-state index < -0.39 is 17.8 Å². The quantitative estimate of drug-likeness (QED) is 0.766. The lowest BCUT2D eigenvalue weighted by atomic mass is 9.94. The van der Waals surface area contributed by atoms with E-state index in [0.717, 1.165) is 0 Å². The number of carbonyl (C=O) groups is 2. The standard InChI is InChI=1S/C18H18FNO4/c1-4-11-7-10(3)14(17(21)22)16(15(11)18(23)24)20-13-6-5-12(19)8-9(13)2/h5-8,20H,4H2,1-3H3,(H,21,22)(H,23,24). The maximum absolute atomic E-state index is 13.3. The second-order valence-corrected chi connectivity index (χ2v) is 5.53. The maximum Gasteiger partial charge on any atom is 0.338 e. The van der Waals surface area contributed by atoms with Crippen molar-refractivity contribution in [2.45, 2.75) is 27.2 Å². The summed E-state index contributed by atoms with van der Waals surface area (Å²) in [5.41, 5.74) is 1.83. The normalized spacial score (nSPS) is 10.5. The fourth-order valence-corrected chi connectivity index (χ4v) is 2.71. The molecule has 2 aromatic carbocycles. The highest BCUT2D eigenvalue weighted by Crippen LogP contribution is 2.32. The van der Waals surface area contributed by atoms with Gasteiger partial charge in [-0.15, -0.1) is 0 Å². The minimum Gasteiger partial charge on any atom is -0.478 e. The van der Waals surface area contributed by atoms with Gasteiger partial charge in [0.05, 0.1) is 16.8 Å². The van der Waals surface area contributed by atoms with Gasteiger partial charge in [-0.2, -0.15) is 0 Å². The first-order chi connectivity index (χ1) is 11.3. The Morgan fingerprint density at radius 3 is 2.17 bits per heavy atom. The molecule has 24 heavy (non-hydrogen) atoms. The lowest BCUT2D eigenvalue weighted by molar-refractivity contribution is 0.0695. The summed E-state index contributed by atoms with van der Waals surface area (Å²) in [4.78, 5) is 23.4. The summed E-state index contributed by atoms with van der Waals surface area (Å²) < 4.78 is 13.3. The molecule has 3 N–H and O–H groups in total. The van der Waals surface area contributed by atoms with Crippen LogP contribution in [-0.4, -0.2) is 22.2 Å². The van der Waals surface area contributed by atoms with Gasteiger partial charge in [0.2, 0.25) is 0 Å². The molecule has 0 heterocycles. The second-order valence-electron chi connectivity index (χ2n) is 5.53. The van der Waals surface area contributed by atoms with Crippen molar-refractivity contribution in [3.63, 3.8) is 0 Å². The van der Waals surface area contributed by atoms with E-state index >= 15 is 0 Å². The van der Waals surface area contributed by atoms with Gasteiger partial charge in [-0.1, -0.05) is 13.0 Å². The van der Waals surface area contributed by atoms with Gasteiger partial charge in [0, 0.05) is 5.69 Å². The van der Waals surface area contributed by atoms with Crippen LogP contribution in [-0.2, 0) is 6.42 Å². The monoisotopic (exact) mass is 331 g/mol. The predicted octanol–water partition coefficient (Wildman–Crippen LogP) is 4.14. The van der Waals surface area contributed by atoms with Crippen molar-refractivity contribution < 1.29 is 24.2 Å². The number of aromatic carboxylic acids is 2. The van der Waals surface area contributed by atoms with Gasteiger partial charge in [-0.05, 0) is 55.2 Å². The van der Waals surface area contributed by atoms with Crippen molar-refractivity contribution in [1.29, 1.82) is 0 Å². The third kappa shape index (κ3) is 3.22. The molecule has 0 unspecified atom stereocenters. The molecule has 0 spiro atoms. The van der Waals surface area contributed by atoms with Crippen LogP contribution in [0.15, 0.2) is 24.3 Å². The van der Waals surface area contributed by atoms with Gasteiger partial charge in [0.25, 0.3) is 0 Å². The van der Waals surface area contributed by atoms with Crippen LogP contribution in [0, 0.1) is 19.7 Å². The fourth-order valence-electron chi connectivity index (χ4n) is 2.71. The largest absolute Gasteiger partial charge is 0.478 e. The third-order valence-corrected chi connectivity index (χ3v) is 3.86. The first kappa shape index (κ1) is 17.5. The second kappa shape index (κ2) is 6.70. The van der Waals surface area contributed by atoms with Crippen molar-refractivity contribution in [1.82, 2.24) is 0 Å². The van der Waals surface area contributed by atoms with Crippen molar-refractivity contribution in [2.75, 3.05) is 5.32 Å². The van der Waals surface area contributed by atoms with E-state index in [4.69, 9.17) is 0 Å². The van der Waals surface area contributed by atoms with Crippen molar-refractivity contribution >= 4 is 23.3 Å². The highest BCUT2D eigenvalue weighted by molar-refractivity contribution is 6.06. The van der Waals surface area contributed by atoms with E-state index in [0.29, 0.717) is 28.8 Å². The molecule has 2 aromatic rings. The first-order valence-corrected chi connectivity index (χ1v) is 7.42. The van der Waals surface area contributed by atoms with E-state index in [2.05, 4.69) is 5.32 Å². The van der Waals surface area contributed by atoms with Gasteiger partial charge in [-0.25, -0.2) is 14.0 Å². The number of carboxylic acids is 2. The summed E-state index contributed by atoms with van der Waals surface area (Å²) in [6.45, 7) is 5.08. The average molecular weight is 331 g/mol. The highest BCUT2D eigenvalue weighted by Gasteiger charge is 2.24. The smallest absolute Gasteiger partial charge is 0.338 e. The molecule has 6 heteroatoms. The molecule has 0 atom stereocenters. The molecule has 0 saturated carbocycles. The van der Waals surface area contributed by atoms with Crippen LogP contribution in [0.2, 0.25) is 0 Å². The Morgan fingerprint density at radius 2 is 1.67 bits per heavy atom. The zero-order chi connectivity index (χ0) is 18.0. The summed E-state index contributed by atoms with van der Waals surface area (Å²) >= 11 is 0. The van der Waals surface area contributed by atoms with Crippen molar-refractivity contribution in [2.24, 2.45) is 0 Å². The van der Waals surface area contributed by atoms with Crippen LogP contribution in [0.25, 0.3) is 0 Å². The Hall–Kier alpha value is -2.89. The summed E-state index contributed by atoms with van der Waals surface area (Å²) in [7, 11) is 0. The number of anilines is 2. The SMILES string of the molecule is CCc1cc(C)c(C(=O)O)c(Nc2ccc(F)cc2C)c1C(=O)O. The third-order valence-electron chi connectivity index (χ3n) is 3.86. The molecule has 0 aliphatic carbocycles.